The lowest BCUT2D eigenvalue weighted by Gasteiger charge is -2.07. The molecule has 0 aliphatic heterocycles. The van der Waals surface area contributed by atoms with Crippen LogP contribution >= 0.6 is 11.6 Å². The van der Waals surface area contributed by atoms with Gasteiger partial charge in [0.05, 0.1) is 11.9 Å². The van der Waals surface area contributed by atoms with E-state index in [1.54, 1.807) is 36.5 Å². The van der Waals surface area contributed by atoms with Crippen molar-refractivity contribution in [3.8, 4) is 5.75 Å². The van der Waals surface area contributed by atoms with Crippen molar-refractivity contribution in [3.63, 3.8) is 0 Å². The number of carbonyl (C=O) groups is 1. The number of nitrogens with one attached hydrogen (secondary N) is 1. The number of ether oxygens (including phenoxy) is 1. The smallest absolute Gasteiger partial charge is 0.262 e. The van der Waals surface area contributed by atoms with Gasteiger partial charge < -0.3 is 10.1 Å². The third kappa shape index (κ3) is 4.26. The van der Waals surface area contributed by atoms with E-state index >= 15 is 0 Å². The number of halogens is 1. The molecule has 0 saturated heterocycles. The van der Waals surface area contributed by atoms with Crippen molar-refractivity contribution in [2.45, 2.75) is 6.92 Å². The van der Waals surface area contributed by atoms with Crippen molar-refractivity contribution in [1.82, 2.24) is 4.98 Å². The number of amides is 1. The van der Waals surface area contributed by atoms with Crippen LogP contribution in [-0.4, -0.2) is 17.5 Å². The molecule has 1 aromatic heterocycles. The summed E-state index contributed by atoms with van der Waals surface area (Å²) in [6, 6.07) is 10.5. The maximum atomic E-state index is 11.6. The average molecular weight is 277 g/mol. The first-order valence-corrected chi connectivity index (χ1v) is 6.12. The summed E-state index contributed by atoms with van der Waals surface area (Å²) in [5.41, 5.74) is 1.55. The van der Waals surface area contributed by atoms with Crippen molar-refractivity contribution in [3.05, 3.63) is 53.3 Å². The van der Waals surface area contributed by atoms with E-state index in [9.17, 15) is 4.79 Å². The fourth-order valence-corrected chi connectivity index (χ4v) is 1.54. The van der Waals surface area contributed by atoms with E-state index in [1.807, 2.05) is 13.0 Å². The fraction of sp³-hybridized carbons (Fsp3) is 0.143. The van der Waals surface area contributed by atoms with Gasteiger partial charge in [0.2, 0.25) is 0 Å². The predicted molar refractivity (Wildman–Crippen MR) is 74.6 cm³/mol. The average Bonchev–Trinajstić information content (AvgIpc) is 2.41. The van der Waals surface area contributed by atoms with Crippen LogP contribution in [0.4, 0.5) is 5.69 Å². The summed E-state index contributed by atoms with van der Waals surface area (Å²) in [4.78, 5) is 15.7. The fourth-order valence-electron chi connectivity index (χ4n) is 1.42. The van der Waals surface area contributed by atoms with E-state index in [-0.39, 0.29) is 12.5 Å². The Labute approximate surface area is 116 Å². The molecule has 0 spiro atoms. The second-order valence-electron chi connectivity index (χ2n) is 3.98. The summed E-state index contributed by atoms with van der Waals surface area (Å²) < 4.78 is 5.33. The maximum absolute atomic E-state index is 11.6. The highest BCUT2D eigenvalue weighted by atomic mass is 35.5. The van der Waals surface area contributed by atoms with Crippen LogP contribution in [0.15, 0.2) is 42.6 Å². The van der Waals surface area contributed by atoms with E-state index in [1.165, 1.54) is 0 Å². The molecule has 0 atom stereocenters. The Kier molecular flexibility index (Phi) is 4.36. The lowest BCUT2D eigenvalue weighted by Crippen LogP contribution is -2.20. The van der Waals surface area contributed by atoms with Crippen LogP contribution in [0.2, 0.25) is 5.02 Å². The zero-order chi connectivity index (χ0) is 13.7. The molecule has 1 heterocycles. The molecule has 0 aliphatic carbocycles. The minimum Gasteiger partial charge on any atom is -0.484 e. The number of rotatable bonds is 4. The Hall–Kier alpha value is -2.07. The number of hydrogen-bond donors (Lipinski definition) is 1. The molecule has 1 amide bonds. The van der Waals surface area contributed by atoms with Gasteiger partial charge >= 0.3 is 0 Å². The standard InChI is InChI=1S/C14H13ClN2O2/c1-10-2-5-12(8-16-10)17-14(18)9-19-13-6-3-11(15)4-7-13/h2-8H,9H2,1H3,(H,17,18). The third-order valence-electron chi connectivity index (χ3n) is 2.38. The van der Waals surface area contributed by atoms with Gasteiger partial charge in [-0.3, -0.25) is 9.78 Å². The first-order valence-electron chi connectivity index (χ1n) is 5.74. The van der Waals surface area contributed by atoms with E-state index in [4.69, 9.17) is 16.3 Å². The van der Waals surface area contributed by atoms with Gasteiger partial charge in [-0.15, -0.1) is 0 Å². The molecule has 5 heteroatoms. The molecule has 0 aliphatic rings. The molecule has 4 nitrogen and oxygen atoms in total. The minimum atomic E-state index is -0.236. The second kappa shape index (κ2) is 6.20. The summed E-state index contributed by atoms with van der Waals surface area (Å²) in [5, 5.41) is 3.33. The van der Waals surface area contributed by atoms with Crippen LogP contribution in [0.3, 0.4) is 0 Å². The molecule has 0 radical (unpaired) electrons. The lowest BCUT2D eigenvalue weighted by atomic mass is 10.3. The summed E-state index contributed by atoms with van der Waals surface area (Å²) >= 11 is 5.75. The predicted octanol–water partition coefficient (Wildman–Crippen LogP) is 3.06. The van der Waals surface area contributed by atoms with Crippen molar-refractivity contribution in [2.24, 2.45) is 0 Å². The maximum Gasteiger partial charge on any atom is 0.262 e. The minimum absolute atomic E-state index is 0.0600. The SMILES string of the molecule is Cc1ccc(NC(=O)COc2ccc(Cl)cc2)cn1. The normalized spacial score (nSPS) is 10.0. The first kappa shape index (κ1) is 13.4. The quantitative estimate of drug-likeness (QED) is 0.934. The largest absolute Gasteiger partial charge is 0.484 e. The number of carbonyl (C=O) groups excluding carboxylic acids is 1. The third-order valence-corrected chi connectivity index (χ3v) is 2.63. The van der Waals surface area contributed by atoms with E-state index in [0.29, 0.717) is 16.5 Å². The number of anilines is 1. The van der Waals surface area contributed by atoms with Crippen LogP contribution in [0.25, 0.3) is 0 Å². The van der Waals surface area contributed by atoms with E-state index in [2.05, 4.69) is 10.3 Å². The monoisotopic (exact) mass is 276 g/mol. The molecule has 1 aromatic carbocycles. The number of hydrogen-bond acceptors (Lipinski definition) is 3. The van der Waals surface area contributed by atoms with Crippen molar-refractivity contribution >= 4 is 23.2 Å². The Balaban J connectivity index is 1.84. The molecule has 0 saturated carbocycles. The van der Waals surface area contributed by atoms with Crippen molar-refractivity contribution in [1.29, 1.82) is 0 Å². The molecule has 19 heavy (non-hydrogen) atoms. The molecule has 2 rings (SSSR count). The summed E-state index contributed by atoms with van der Waals surface area (Å²) in [5.74, 6) is 0.363. The number of aryl methyl sites for hydroxylation is 1. The molecule has 0 fully saturated rings. The van der Waals surface area contributed by atoms with Gasteiger partial charge in [-0.1, -0.05) is 11.6 Å². The Morgan fingerprint density at radius 2 is 2.00 bits per heavy atom. The van der Waals surface area contributed by atoms with Gasteiger partial charge in [-0.25, -0.2) is 0 Å². The Morgan fingerprint density at radius 3 is 2.63 bits per heavy atom. The van der Waals surface area contributed by atoms with Crippen molar-refractivity contribution < 1.29 is 9.53 Å². The van der Waals surface area contributed by atoms with Crippen LogP contribution in [0, 0.1) is 6.92 Å². The number of benzene rings is 1. The van der Waals surface area contributed by atoms with Crippen LogP contribution in [0.1, 0.15) is 5.69 Å². The highest BCUT2D eigenvalue weighted by molar-refractivity contribution is 6.30. The van der Waals surface area contributed by atoms with Crippen molar-refractivity contribution in [2.75, 3.05) is 11.9 Å². The zero-order valence-corrected chi connectivity index (χ0v) is 11.1. The Bertz CT molecular complexity index is 553. The molecule has 1 N–H and O–H groups in total. The molecular formula is C14H13ClN2O2. The van der Waals surface area contributed by atoms with Gasteiger partial charge in [0.1, 0.15) is 5.75 Å². The second-order valence-corrected chi connectivity index (χ2v) is 4.42. The molecular weight excluding hydrogens is 264 g/mol. The van der Waals surface area contributed by atoms with Gasteiger partial charge in [0.25, 0.3) is 5.91 Å². The van der Waals surface area contributed by atoms with E-state index < -0.39 is 0 Å². The molecule has 2 aromatic rings. The first-order chi connectivity index (χ1) is 9.13. The lowest BCUT2D eigenvalue weighted by molar-refractivity contribution is -0.118. The molecule has 0 bridgehead atoms. The van der Waals surface area contributed by atoms with Crippen LogP contribution in [0.5, 0.6) is 5.75 Å². The number of aromatic nitrogens is 1. The summed E-state index contributed by atoms with van der Waals surface area (Å²) in [6.45, 7) is 1.82. The summed E-state index contributed by atoms with van der Waals surface area (Å²) in [6.07, 6.45) is 1.61. The zero-order valence-electron chi connectivity index (χ0n) is 10.4. The molecule has 0 unspecified atom stereocenters. The van der Waals surface area contributed by atoms with Gasteiger partial charge in [0.15, 0.2) is 6.61 Å². The van der Waals surface area contributed by atoms with Gasteiger partial charge in [-0.05, 0) is 43.3 Å². The van der Waals surface area contributed by atoms with Crippen LogP contribution in [-0.2, 0) is 4.79 Å². The highest BCUT2D eigenvalue weighted by Crippen LogP contribution is 2.15. The number of pyridine rings is 1. The van der Waals surface area contributed by atoms with Gasteiger partial charge in [-0.2, -0.15) is 0 Å². The molecule has 98 valence electrons. The van der Waals surface area contributed by atoms with Crippen LogP contribution < -0.4 is 10.1 Å². The topological polar surface area (TPSA) is 51.2 Å². The highest BCUT2D eigenvalue weighted by Gasteiger charge is 2.03. The summed E-state index contributed by atoms with van der Waals surface area (Å²) in [7, 11) is 0. The Morgan fingerprint density at radius 1 is 1.26 bits per heavy atom. The van der Waals surface area contributed by atoms with E-state index in [0.717, 1.165) is 5.69 Å². The number of nitrogens with zero attached hydrogens (tertiary/aromatic N) is 1. The van der Waals surface area contributed by atoms with Gasteiger partial charge in [0, 0.05) is 10.7 Å².